The van der Waals surface area contributed by atoms with E-state index in [2.05, 4.69) is 27.8 Å². The summed E-state index contributed by atoms with van der Waals surface area (Å²) in [4.78, 5) is 22.5. The van der Waals surface area contributed by atoms with Crippen molar-refractivity contribution in [3.8, 4) is 0 Å². The molecule has 2 atom stereocenters. The number of hydrogen-bond donors (Lipinski definition) is 1. The Kier molecular flexibility index (Phi) is 9.08. The Morgan fingerprint density at radius 1 is 1.38 bits per heavy atom. The van der Waals surface area contributed by atoms with Crippen molar-refractivity contribution < 1.29 is 4.79 Å². The van der Waals surface area contributed by atoms with Crippen molar-refractivity contribution in [3.63, 3.8) is 0 Å². The molecule has 34 heavy (non-hydrogen) atoms. The van der Waals surface area contributed by atoms with E-state index in [1.807, 2.05) is 69.3 Å². The highest BCUT2D eigenvalue weighted by Gasteiger charge is 2.32. The molecule has 0 bridgehead atoms. The zero-order chi connectivity index (χ0) is 24.8. The van der Waals surface area contributed by atoms with E-state index in [1.54, 1.807) is 4.68 Å². The molecule has 3 rings (SSSR count). The van der Waals surface area contributed by atoms with Crippen molar-refractivity contribution in [1.82, 2.24) is 19.6 Å². The molecule has 1 aliphatic heterocycles. The average molecular weight is 530 g/mol. The van der Waals surface area contributed by atoms with Crippen LogP contribution in [-0.2, 0) is 0 Å². The summed E-state index contributed by atoms with van der Waals surface area (Å²) < 4.78 is 2.62. The Balaban J connectivity index is 1.93. The van der Waals surface area contributed by atoms with Gasteiger partial charge in [-0.3, -0.25) is 4.79 Å². The van der Waals surface area contributed by atoms with Gasteiger partial charge in [0.1, 0.15) is 5.84 Å². The number of allylic oxidation sites excluding steroid dienone is 1. The summed E-state index contributed by atoms with van der Waals surface area (Å²) in [5.41, 5.74) is 8.76. The molecule has 2 heterocycles. The van der Waals surface area contributed by atoms with E-state index >= 15 is 0 Å². The van der Waals surface area contributed by atoms with E-state index in [0.29, 0.717) is 5.56 Å². The van der Waals surface area contributed by atoms with Gasteiger partial charge in [0.2, 0.25) is 0 Å². The largest absolute Gasteiger partial charge is 0.362 e. The van der Waals surface area contributed by atoms with Crippen molar-refractivity contribution in [2.45, 2.75) is 65.5 Å². The SMILES string of the molecule is C/C=C/n1nc([C@@H]2CCCCN2C(=O)c2cc(C)ccc2Br)cc1N=C(C)N(C)C[C@@H](N)CC. The van der Waals surface area contributed by atoms with Gasteiger partial charge < -0.3 is 15.5 Å². The predicted octanol–water partition coefficient (Wildman–Crippen LogP) is 5.53. The molecule has 1 aromatic heterocycles. The van der Waals surface area contributed by atoms with Crippen LogP contribution in [0.4, 0.5) is 5.82 Å². The van der Waals surface area contributed by atoms with Crippen LogP contribution in [0.1, 0.15) is 74.1 Å². The molecule has 1 fully saturated rings. The predicted molar refractivity (Wildman–Crippen MR) is 143 cm³/mol. The van der Waals surface area contributed by atoms with Crippen LogP contribution in [-0.4, -0.2) is 57.5 Å². The summed E-state index contributed by atoms with van der Waals surface area (Å²) in [6.07, 6.45) is 7.70. The highest BCUT2D eigenvalue weighted by atomic mass is 79.9. The van der Waals surface area contributed by atoms with Crippen LogP contribution < -0.4 is 5.73 Å². The first-order chi connectivity index (χ1) is 16.2. The number of likely N-dealkylation sites (N-methyl/N-ethyl adjacent to an activating group) is 1. The third kappa shape index (κ3) is 6.16. The molecule has 1 aromatic carbocycles. The van der Waals surface area contributed by atoms with Gasteiger partial charge in [-0.05, 0) is 74.5 Å². The molecule has 184 valence electrons. The number of aliphatic imine (C=N–C) groups is 1. The maximum atomic E-state index is 13.6. The number of likely N-dealkylation sites (tertiary alicyclic amines) is 1. The van der Waals surface area contributed by atoms with Crippen molar-refractivity contribution >= 4 is 39.7 Å². The molecule has 0 aliphatic carbocycles. The van der Waals surface area contributed by atoms with Crippen molar-refractivity contribution in [2.24, 2.45) is 10.7 Å². The van der Waals surface area contributed by atoms with Gasteiger partial charge in [0.25, 0.3) is 5.91 Å². The zero-order valence-corrected chi connectivity index (χ0v) is 22.5. The third-order valence-electron chi connectivity index (χ3n) is 6.34. The lowest BCUT2D eigenvalue weighted by Gasteiger charge is -2.35. The van der Waals surface area contributed by atoms with E-state index in [4.69, 9.17) is 15.8 Å². The van der Waals surface area contributed by atoms with Gasteiger partial charge in [-0.2, -0.15) is 5.10 Å². The first kappa shape index (κ1) is 26.2. The van der Waals surface area contributed by atoms with Crippen LogP contribution in [0.2, 0.25) is 0 Å². The van der Waals surface area contributed by atoms with E-state index in [1.165, 1.54) is 0 Å². The monoisotopic (exact) mass is 528 g/mol. The van der Waals surface area contributed by atoms with E-state index in [9.17, 15) is 4.79 Å². The fraction of sp³-hybridized carbons (Fsp3) is 0.500. The zero-order valence-electron chi connectivity index (χ0n) is 21.0. The Hall–Kier alpha value is -2.45. The summed E-state index contributed by atoms with van der Waals surface area (Å²) in [7, 11) is 2.01. The van der Waals surface area contributed by atoms with Gasteiger partial charge in [-0.1, -0.05) is 24.6 Å². The number of aromatic nitrogens is 2. The normalized spacial score (nSPS) is 17.9. The number of amides is 1. The molecule has 0 spiro atoms. The Morgan fingerprint density at radius 3 is 2.85 bits per heavy atom. The molecule has 2 aromatic rings. The number of rotatable bonds is 7. The van der Waals surface area contributed by atoms with Crippen LogP contribution in [0, 0.1) is 6.92 Å². The van der Waals surface area contributed by atoms with Crippen LogP contribution in [0.25, 0.3) is 6.20 Å². The molecule has 8 heteroatoms. The number of nitrogens with zero attached hydrogens (tertiary/aromatic N) is 5. The summed E-state index contributed by atoms with van der Waals surface area (Å²) >= 11 is 3.57. The molecule has 1 saturated heterocycles. The number of benzene rings is 1. The summed E-state index contributed by atoms with van der Waals surface area (Å²) in [6.45, 7) is 9.50. The second kappa shape index (κ2) is 11.8. The number of carbonyl (C=O) groups is 1. The average Bonchev–Trinajstić information content (AvgIpc) is 3.22. The van der Waals surface area contributed by atoms with Gasteiger partial charge in [0, 0.05) is 42.9 Å². The van der Waals surface area contributed by atoms with E-state index in [-0.39, 0.29) is 18.0 Å². The molecule has 1 aliphatic rings. The molecular formula is C26H37BrN6O. The Morgan fingerprint density at radius 2 is 2.15 bits per heavy atom. The number of piperidine rings is 1. The van der Waals surface area contributed by atoms with E-state index in [0.717, 1.165) is 66.2 Å². The summed E-state index contributed by atoms with van der Waals surface area (Å²) in [5.74, 6) is 1.66. The minimum atomic E-state index is -0.0827. The standard InChI is InChI=1S/C26H37BrN6O/c1-6-13-33-25(29-19(4)31(5)17-20(28)7-2)16-23(30-33)24-10-8-9-14-32(24)26(34)21-15-18(3)11-12-22(21)27/h6,11-13,15-16,20,24H,7-10,14,17,28H2,1-5H3/b13-6+,29-19?/t20-,24-/m0/s1. The number of amidine groups is 1. The lowest BCUT2D eigenvalue weighted by Crippen LogP contribution is -2.39. The van der Waals surface area contributed by atoms with Gasteiger partial charge >= 0.3 is 0 Å². The van der Waals surface area contributed by atoms with Crippen LogP contribution in [0.15, 0.2) is 39.8 Å². The second-order valence-corrected chi connectivity index (χ2v) is 9.91. The van der Waals surface area contributed by atoms with Crippen LogP contribution in [0.5, 0.6) is 0 Å². The maximum absolute atomic E-state index is 13.6. The van der Waals surface area contributed by atoms with Gasteiger partial charge in [0.05, 0.1) is 17.3 Å². The minimum absolute atomic E-state index is 0.0374. The molecule has 0 unspecified atom stereocenters. The molecule has 2 N–H and O–H groups in total. The number of carbonyl (C=O) groups excluding carboxylic acids is 1. The van der Waals surface area contributed by atoms with Gasteiger partial charge in [-0.15, -0.1) is 0 Å². The van der Waals surface area contributed by atoms with Crippen molar-refractivity contribution in [3.05, 3.63) is 51.6 Å². The number of halogens is 1. The summed E-state index contributed by atoms with van der Waals surface area (Å²) in [5, 5.41) is 4.85. The number of hydrogen-bond acceptors (Lipinski definition) is 4. The lowest BCUT2D eigenvalue weighted by molar-refractivity contribution is 0.0604. The first-order valence-corrected chi connectivity index (χ1v) is 12.9. The van der Waals surface area contributed by atoms with Gasteiger partial charge in [0.15, 0.2) is 5.82 Å². The fourth-order valence-electron chi connectivity index (χ4n) is 4.20. The molecular weight excluding hydrogens is 492 g/mol. The third-order valence-corrected chi connectivity index (χ3v) is 7.04. The van der Waals surface area contributed by atoms with Crippen LogP contribution in [0.3, 0.4) is 0 Å². The van der Waals surface area contributed by atoms with Gasteiger partial charge in [-0.25, -0.2) is 9.67 Å². The Bertz CT molecular complexity index is 1060. The maximum Gasteiger partial charge on any atom is 0.255 e. The molecule has 0 radical (unpaired) electrons. The number of nitrogens with two attached hydrogens (primary N) is 1. The quantitative estimate of drug-likeness (QED) is 0.378. The lowest BCUT2D eigenvalue weighted by atomic mass is 9.98. The molecule has 7 nitrogen and oxygen atoms in total. The smallest absolute Gasteiger partial charge is 0.255 e. The number of aryl methyl sites for hydroxylation is 1. The molecule has 0 saturated carbocycles. The van der Waals surface area contributed by atoms with Crippen molar-refractivity contribution in [2.75, 3.05) is 20.1 Å². The second-order valence-electron chi connectivity index (χ2n) is 9.06. The minimum Gasteiger partial charge on any atom is -0.362 e. The van der Waals surface area contributed by atoms with Crippen LogP contribution >= 0.6 is 15.9 Å². The highest BCUT2D eigenvalue weighted by Crippen LogP contribution is 2.34. The summed E-state index contributed by atoms with van der Waals surface area (Å²) in [6, 6.07) is 7.93. The van der Waals surface area contributed by atoms with Crippen molar-refractivity contribution in [1.29, 1.82) is 0 Å². The highest BCUT2D eigenvalue weighted by molar-refractivity contribution is 9.10. The first-order valence-electron chi connectivity index (χ1n) is 12.1. The van der Waals surface area contributed by atoms with E-state index < -0.39 is 0 Å². The molecule has 1 amide bonds. The fourth-order valence-corrected chi connectivity index (χ4v) is 4.62. The Labute approximate surface area is 211 Å². The topological polar surface area (TPSA) is 79.8 Å².